The predicted octanol–water partition coefficient (Wildman–Crippen LogP) is 3.73. The number of hydrogen-bond acceptors (Lipinski definition) is 8. The Morgan fingerprint density at radius 3 is 2.50 bits per heavy atom. The van der Waals surface area contributed by atoms with E-state index in [0.717, 1.165) is 30.3 Å². The summed E-state index contributed by atoms with van der Waals surface area (Å²) in [4.78, 5) is 46.5. The van der Waals surface area contributed by atoms with Gasteiger partial charge in [-0.05, 0) is 49.1 Å². The van der Waals surface area contributed by atoms with E-state index in [1.54, 1.807) is 43.5 Å². The second-order valence-corrected chi connectivity index (χ2v) is 9.07. The minimum atomic E-state index is -0.715. The van der Waals surface area contributed by atoms with E-state index < -0.39 is 23.3 Å². The number of ether oxygens (including phenoxy) is 2. The Kier molecular flexibility index (Phi) is 8.14. The number of nitrogens with one attached hydrogen (secondary N) is 1. The average Bonchev–Trinajstić information content (AvgIpc) is 2.90. The van der Waals surface area contributed by atoms with E-state index in [1.807, 2.05) is 12.1 Å². The number of aromatic nitrogens is 4. The lowest BCUT2D eigenvalue weighted by Crippen LogP contribution is -2.45. The van der Waals surface area contributed by atoms with Crippen molar-refractivity contribution in [3.63, 3.8) is 0 Å². The topological polar surface area (TPSA) is 117 Å². The van der Waals surface area contributed by atoms with E-state index in [9.17, 15) is 14.4 Å². The molecule has 1 aliphatic rings. The van der Waals surface area contributed by atoms with Gasteiger partial charge in [-0.3, -0.25) is 9.36 Å². The zero-order chi connectivity index (χ0) is 25.5. The Morgan fingerprint density at radius 1 is 1.08 bits per heavy atom. The standard InChI is InChI=1S/C26H31N5O5/c1-18(23(32)35-2)16-31-25(33)29-24(30(26(31)34)17-19-8-4-3-5-9-19)28-20-11-13-21(14-12-20)36-22-10-6-7-15-27-22/h6-7,10-15,18-19H,3-5,8-9,16-17H2,1-2H3,(H,28,29,33)/t18-/m0/s1. The van der Waals surface area contributed by atoms with Gasteiger partial charge in [-0.1, -0.05) is 32.3 Å². The molecule has 0 bridgehead atoms. The van der Waals surface area contributed by atoms with Gasteiger partial charge in [0.15, 0.2) is 0 Å². The largest absolute Gasteiger partial charge is 0.469 e. The van der Waals surface area contributed by atoms with Gasteiger partial charge in [0, 0.05) is 31.0 Å². The summed E-state index contributed by atoms with van der Waals surface area (Å²) in [5.41, 5.74) is -0.560. The molecule has 0 aliphatic heterocycles. The SMILES string of the molecule is COC(=O)[C@@H](C)Cn1c(=O)nc(Nc2ccc(Oc3ccccn3)cc2)n(CC2CCCCC2)c1=O. The maximum Gasteiger partial charge on any atom is 0.354 e. The predicted molar refractivity (Wildman–Crippen MR) is 135 cm³/mol. The molecule has 3 aromatic rings. The molecule has 1 aromatic carbocycles. The van der Waals surface area contributed by atoms with Crippen LogP contribution in [0.3, 0.4) is 0 Å². The van der Waals surface area contributed by atoms with E-state index in [4.69, 9.17) is 9.47 Å². The highest BCUT2D eigenvalue weighted by Gasteiger charge is 2.22. The first kappa shape index (κ1) is 25.2. The first-order valence-electron chi connectivity index (χ1n) is 12.2. The molecule has 190 valence electrons. The van der Waals surface area contributed by atoms with Crippen LogP contribution in [0, 0.1) is 11.8 Å². The lowest BCUT2D eigenvalue weighted by molar-refractivity contribution is -0.145. The minimum Gasteiger partial charge on any atom is -0.469 e. The minimum absolute atomic E-state index is 0.0954. The number of esters is 1. The van der Waals surface area contributed by atoms with Crippen molar-refractivity contribution in [3.8, 4) is 11.6 Å². The molecule has 10 nitrogen and oxygen atoms in total. The van der Waals surface area contributed by atoms with Gasteiger partial charge >= 0.3 is 17.3 Å². The van der Waals surface area contributed by atoms with Gasteiger partial charge in [0.25, 0.3) is 0 Å². The van der Waals surface area contributed by atoms with E-state index in [0.29, 0.717) is 29.8 Å². The fraction of sp³-hybridized carbons (Fsp3) is 0.423. The summed E-state index contributed by atoms with van der Waals surface area (Å²) in [5, 5.41) is 3.13. The van der Waals surface area contributed by atoms with Crippen molar-refractivity contribution < 1.29 is 14.3 Å². The molecule has 0 spiro atoms. The molecule has 1 atom stereocenters. The lowest BCUT2D eigenvalue weighted by Gasteiger charge is -2.24. The molecule has 4 rings (SSSR count). The van der Waals surface area contributed by atoms with E-state index in [-0.39, 0.29) is 12.5 Å². The molecule has 0 saturated heterocycles. The Morgan fingerprint density at radius 2 is 1.83 bits per heavy atom. The molecule has 36 heavy (non-hydrogen) atoms. The van der Waals surface area contributed by atoms with Crippen molar-refractivity contribution in [1.82, 2.24) is 19.1 Å². The summed E-state index contributed by atoms with van der Waals surface area (Å²) in [7, 11) is 1.28. The summed E-state index contributed by atoms with van der Waals surface area (Å²) >= 11 is 0. The number of pyridine rings is 1. The monoisotopic (exact) mass is 493 g/mol. The Balaban J connectivity index is 1.61. The van der Waals surface area contributed by atoms with Crippen molar-refractivity contribution >= 4 is 17.6 Å². The summed E-state index contributed by atoms with van der Waals surface area (Å²) in [6.45, 7) is 1.97. The lowest BCUT2D eigenvalue weighted by atomic mass is 9.89. The highest BCUT2D eigenvalue weighted by molar-refractivity contribution is 5.71. The van der Waals surface area contributed by atoms with Crippen LogP contribution in [0.4, 0.5) is 11.6 Å². The smallest absolute Gasteiger partial charge is 0.354 e. The Hall–Kier alpha value is -3.95. The third-order valence-electron chi connectivity index (χ3n) is 6.35. The molecule has 2 heterocycles. The Labute approximate surface area is 208 Å². The molecular formula is C26H31N5O5. The fourth-order valence-electron chi connectivity index (χ4n) is 4.39. The average molecular weight is 494 g/mol. The van der Waals surface area contributed by atoms with Crippen molar-refractivity contribution in [2.24, 2.45) is 11.8 Å². The van der Waals surface area contributed by atoms with Crippen LogP contribution in [0.25, 0.3) is 0 Å². The van der Waals surface area contributed by atoms with Gasteiger partial charge in [-0.25, -0.2) is 19.1 Å². The second-order valence-electron chi connectivity index (χ2n) is 9.07. The van der Waals surface area contributed by atoms with Crippen LogP contribution in [0.2, 0.25) is 0 Å². The highest BCUT2D eigenvalue weighted by atomic mass is 16.5. The number of anilines is 2. The number of nitrogens with zero attached hydrogens (tertiary/aromatic N) is 4. The van der Waals surface area contributed by atoms with Crippen LogP contribution < -0.4 is 21.4 Å². The maximum atomic E-state index is 13.4. The zero-order valence-corrected chi connectivity index (χ0v) is 20.6. The number of methoxy groups -OCH3 is 1. The Bertz CT molecular complexity index is 1280. The number of carbonyl (C=O) groups excluding carboxylic acids is 1. The summed E-state index contributed by atoms with van der Waals surface area (Å²) in [6.07, 6.45) is 7.11. The normalized spacial score (nSPS) is 14.7. The molecular weight excluding hydrogens is 462 g/mol. The fourth-order valence-corrected chi connectivity index (χ4v) is 4.39. The number of carbonyl (C=O) groups is 1. The quantitative estimate of drug-likeness (QED) is 0.448. The number of hydrogen-bond donors (Lipinski definition) is 1. The van der Waals surface area contributed by atoms with Crippen LogP contribution in [-0.2, 0) is 22.6 Å². The molecule has 1 aliphatic carbocycles. The zero-order valence-electron chi connectivity index (χ0n) is 20.6. The van der Waals surface area contributed by atoms with Crippen LogP contribution in [0.15, 0.2) is 58.3 Å². The van der Waals surface area contributed by atoms with Gasteiger partial charge in [-0.2, -0.15) is 4.98 Å². The molecule has 0 radical (unpaired) electrons. The van der Waals surface area contributed by atoms with Crippen molar-refractivity contribution in [2.45, 2.75) is 52.1 Å². The summed E-state index contributed by atoms with van der Waals surface area (Å²) in [5.74, 6) is 0.420. The second kappa shape index (κ2) is 11.7. The van der Waals surface area contributed by atoms with Crippen molar-refractivity contribution in [3.05, 3.63) is 69.6 Å². The first-order valence-corrected chi connectivity index (χ1v) is 12.2. The van der Waals surface area contributed by atoms with Crippen molar-refractivity contribution in [1.29, 1.82) is 0 Å². The van der Waals surface area contributed by atoms with Crippen molar-refractivity contribution in [2.75, 3.05) is 12.4 Å². The molecule has 1 saturated carbocycles. The summed E-state index contributed by atoms with van der Waals surface area (Å²) in [6, 6.07) is 12.5. The van der Waals surface area contributed by atoms with Crippen LogP contribution in [-0.4, -0.2) is 32.2 Å². The molecule has 1 fully saturated rings. The highest BCUT2D eigenvalue weighted by Crippen LogP contribution is 2.26. The van der Waals surface area contributed by atoms with Gasteiger partial charge in [-0.15, -0.1) is 0 Å². The maximum absolute atomic E-state index is 13.4. The van der Waals surface area contributed by atoms with Crippen LogP contribution >= 0.6 is 0 Å². The molecule has 10 heteroatoms. The van der Waals surface area contributed by atoms with Gasteiger partial charge in [0.1, 0.15) is 5.75 Å². The third-order valence-corrected chi connectivity index (χ3v) is 6.35. The van der Waals surface area contributed by atoms with Gasteiger partial charge in [0.2, 0.25) is 11.8 Å². The summed E-state index contributed by atoms with van der Waals surface area (Å²) < 4.78 is 13.0. The molecule has 1 N–H and O–H groups in total. The molecule has 2 aromatic heterocycles. The molecule has 0 unspecified atom stereocenters. The van der Waals surface area contributed by atoms with Crippen LogP contribution in [0.5, 0.6) is 11.6 Å². The van der Waals surface area contributed by atoms with E-state index >= 15 is 0 Å². The van der Waals surface area contributed by atoms with Crippen LogP contribution in [0.1, 0.15) is 39.0 Å². The molecule has 0 amide bonds. The third kappa shape index (κ3) is 6.18. The van der Waals surface area contributed by atoms with E-state index in [2.05, 4.69) is 15.3 Å². The first-order chi connectivity index (χ1) is 17.4. The van der Waals surface area contributed by atoms with Gasteiger partial charge in [0.05, 0.1) is 13.0 Å². The van der Waals surface area contributed by atoms with Gasteiger partial charge < -0.3 is 14.8 Å². The number of benzene rings is 1. The van der Waals surface area contributed by atoms with E-state index in [1.165, 1.54) is 18.1 Å². The number of rotatable bonds is 9.